The van der Waals surface area contributed by atoms with E-state index in [2.05, 4.69) is 48.5 Å². The van der Waals surface area contributed by atoms with Gasteiger partial charge in [0.2, 0.25) is 0 Å². The first-order valence-corrected chi connectivity index (χ1v) is 9.28. The molecule has 0 bridgehead atoms. The minimum Gasteiger partial charge on any atom is -0.493 e. The van der Waals surface area contributed by atoms with Crippen molar-refractivity contribution < 1.29 is 14.6 Å². The van der Waals surface area contributed by atoms with Crippen LogP contribution in [-0.2, 0) is 12.8 Å². The molecular formula is C24H24O3. The van der Waals surface area contributed by atoms with E-state index >= 15 is 0 Å². The number of methoxy groups -OCH3 is 2. The van der Waals surface area contributed by atoms with Crippen molar-refractivity contribution in [3.8, 4) is 11.5 Å². The highest BCUT2D eigenvalue weighted by Gasteiger charge is 2.30. The van der Waals surface area contributed by atoms with Gasteiger partial charge >= 0.3 is 0 Å². The summed E-state index contributed by atoms with van der Waals surface area (Å²) in [6, 6.07) is 22.6. The number of benzene rings is 3. The highest BCUT2D eigenvalue weighted by Crippen LogP contribution is 2.43. The fraction of sp³-hybridized carbons (Fsp3) is 0.250. The Bertz CT molecular complexity index is 900. The molecule has 0 aromatic heterocycles. The van der Waals surface area contributed by atoms with E-state index in [1.165, 1.54) is 22.3 Å². The average molecular weight is 360 g/mol. The Morgan fingerprint density at radius 3 is 1.89 bits per heavy atom. The summed E-state index contributed by atoms with van der Waals surface area (Å²) >= 11 is 0. The first-order valence-electron chi connectivity index (χ1n) is 9.28. The fourth-order valence-electron chi connectivity index (χ4n) is 4.14. The van der Waals surface area contributed by atoms with E-state index in [0.717, 1.165) is 18.4 Å². The highest BCUT2D eigenvalue weighted by molar-refractivity contribution is 5.49. The fourth-order valence-corrected chi connectivity index (χ4v) is 4.14. The van der Waals surface area contributed by atoms with Crippen molar-refractivity contribution in [1.29, 1.82) is 0 Å². The Balaban J connectivity index is 1.85. The lowest BCUT2D eigenvalue weighted by Crippen LogP contribution is -2.14. The van der Waals surface area contributed by atoms with Crippen LogP contribution in [0.2, 0.25) is 0 Å². The molecule has 1 unspecified atom stereocenters. The smallest absolute Gasteiger partial charge is 0.161 e. The number of hydrogen-bond donors (Lipinski definition) is 1. The normalized spacial score (nSPS) is 14.6. The van der Waals surface area contributed by atoms with Crippen molar-refractivity contribution in [2.24, 2.45) is 0 Å². The van der Waals surface area contributed by atoms with E-state index < -0.39 is 6.10 Å². The lowest BCUT2D eigenvalue weighted by Gasteiger charge is -2.26. The molecule has 1 atom stereocenters. The highest BCUT2D eigenvalue weighted by atomic mass is 16.5. The zero-order chi connectivity index (χ0) is 18.8. The van der Waals surface area contributed by atoms with Crippen LogP contribution in [0.5, 0.6) is 11.5 Å². The van der Waals surface area contributed by atoms with Crippen molar-refractivity contribution in [3.63, 3.8) is 0 Å². The number of aliphatic hydroxyl groups excluding tert-OH is 1. The second-order valence-electron chi connectivity index (χ2n) is 6.93. The first-order chi connectivity index (χ1) is 13.2. The Labute approximate surface area is 160 Å². The number of rotatable bonds is 4. The third kappa shape index (κ3) is 3.19. The van der Waals surface area contributed by atoms with Crippen LogP contribution >= 0.6 is 0 Å². The second kappa shape index (κ2) is 7.45. The molecule has 3 aromatic carbocycles. The van der Waals surface area contributed by atoms with Crippen molar-refractivity contribution in [3.05, 3.63) is 94.5 Å². The van der Waals surface area contributed by atoms with Crippen LogP contribution in [0.4, 0.5) is 0 Å². The summed E-state index contributed by atoms with van der Waals surface area (Å²) in [5.41, 5.74) is 5.83. The third-order valence-electron chi connectivity index (χ3n) is 5.51. The summed E-state index contributed by atoms with van der Waals surface area (Å²) in [4.78, 5) is 0. The van der Waals surface area contributed by atoms with E-state index in [-0.39, 0.29) is 5.92 Å². The van der Waals surface area contributed by atoms with Gasteiger partial charge in [-0.1, -0.05) is 54.6 Å². The Kier molecular flexibility index (Phi) is 4.87. The molecule has 1 aliphatic carbocycles. The lowest BCUT2D eigenvalue weighted by molar-refractivity contribution is 0.158. The summed E-state index contributed by atoms with van der Waals surface area (Å²) in [6.07, 6.45) is 1.30. The van der Waals surface area contributed by atoms with Gasteiger partial charge in [0.1, 0.15) is 0 Å². The molecule has 0 radical (unpaired) electrons. The maximum absolute atomic E-state index is 11.5. The van der Waals surface area contributed by atoms with Gasteiger partial charge in [-0.3, -0.25) is 0 Å². The Hall–Kier alpha value is -2.78. The molecule has 27 heavy (non-hydrogen) atoms. The van der Waals surface area contributed by atoms with Crippen LogP contribution < -0.4 is 9.47 Å². The summed E-state index contributed by atoms with van der Waals surface area (Å²) in [5, 5.41) is 11.5. The van der Waals surface area contributed by atoms with Crippen molar-refractivity contribution in [1.82, 2.24) is 0 Å². The van der Waals surface area contributed by atoms with Crippen molar-refractivity contribution >= 4 is 0 Å². The predicted octanol–water partition coefficient (Wildman–Crippen LogP) is 4.67. The van der Waals surface area contributed by atoms with Crippen molar-refractivity contribution in [2.75, 3.05) is 14.2 Å². The van der Waals surface area contributed by atoms with Gasteiger partial charge in [0.25, 0.3) is 0 Å². The molecule has 1 aliphatic rings. The van der Waals surface area contributed by atoms with Crippen LogP contribution in [0.15, 0.2) is 66.7 Å². The zero-order valence-electron chi connectivity index (χ0n) is 15.7. The number of aliphatic hydroxyl groups is 1. The second-order valence-corrected chi connectivity index (χ2v) is 6.93. The molecule has 0 fully saturated rings. The quantitative estimate of drug-likeness (QED) is 0.735. The van der Waals surface area contributed by atoms with Gasteiger partial charge in [0.05, 0.1) is 20.3 Å². The molecule has 0 saturated heterocycles. The maximum Gasteiger partial charge on any atom is 0.161 e. The molecule has 0 saturated carbocycles. The van der Waals surface area contributed by atoms with Crippen LogP contribution in [0, 0.1) is 0 Å². The summed E-state index contributed by atoms with van der Waals surface area (Å²) in [6.45, 7) is 0. The third-order valence-corrected chi connectivity index (χ3v) is 5.51. The van der Waals surface area contributed by atoms with Gasteiger partial charge < -0.3 is 14.6 Å². The molecule has 0 amide bonds. The average Bonchev–Trinajstić information content (AvgIpc) is 2.89. The van der Waals surface area contributed by atoms with Gasteiger partial charge in [-0.15, -0.1) is 0 Å². The number of hydrogen-bond acceptors (Lipinski definition) is 3. The monoisotopic (exact) mass is 360 g/mol. The largest absolute Gasteiger partial charge is 0.493 e. The summed E-state index contributed by atoms with van der Waals surface area (Å²) in [7, 11) is 3.23. The summed E-state index contributed by atoms with van der Waals surface area (Å²) < 4.78 is 10.8. The minimum atomic E-state index is -0.676. The predicted molar refractivity (Wildman–Crippen MR) is 107 cm³/mol. The van der Waals surface area contributed by atoms with E-state index in [1.807, 2.05) is 18.2 Å². The number of ether oxygens (including phenoxy) is 2. The zero-order valence-corrected chi connectivity index (χ0v) is 15.7. The van der Waals surface area contributed by atoms with E-state index in [1.54, 1.807) is 14.2 Å². The topological polar surface area (TPSA) is 38.7 Å². The minimum absolute atomic E-state index is 0.113. The number of aryl methyl sites for hydroxylation is 2. The molecule has 138 valence electrons. The molecule has 0 heterocycles. The van der Waals surface area contributed by atoms with Gasteiger partial charge in [-0.25, -0.2) is 0 Å². The van der Waals surface area contributed by atoms with E-state index in [4.69, 9.17) is 9.47 Å². The first kappa shape index (κ1) is 17.6. The van der Waals surface area contributed by atoms with Crippen LogP contribution in [0.25, 0.3) is 0 Å². The molecular weight excluding hydrogens is 336 g/mol. The molecule has 4 rings (SSSR count). The van der Waals surface area contributed by atoms with Gasteiger partial charge in [0.15, 0.2) is 11.5 Å². The Morgan fingerprint density at radius 1 is 0.778 bits per heavy atom. The van der Waals surface area contributed by atoms with Gasteiger partial charge in [0, 0.05) is 5.92 Å². The summed E-state index contributed by atoms with van der Waals surface area (Å²) in [5.74, 6) is 1.18. The molecule has 0 spiro atoms. The lowest BCUT2D eigenvalue weighted by atomic mass is 9.81. The van der Waals surface area contributed by atoms with Crippen LogP contribution in [-0.4, -0.2) is 19.3 Å². The molecule has 3 aromatic rings. The van der Waals surface area contributed by atoms with Gasteiger partial charge in [-0.2, -0.15) is 0 Å². The standard InChI is InChI=1S/C24H24O3/c1-26-21-14-13-18(15-22(21)27-2)24(25)23-19-9-5-3-7-16(19)11-12-17-8-4-6-10-20(17)23/h3-10,13-15,23-25H,11-12H2,1-2H3. The molecule has 0 aliphatic heterocycles. The van der Waals surface area contributed by atoms with E-state index in [9.17, 15) is 5.11 Å². The maximum atomic E-state index is 11.5. The van der Waals surface area contributed by atoms with E-state index in [0.29, 0.717) is 11.5 Å². The van der Waals surface area contributed by atoms with Crippen LogP contribution in [0.1, 0.15) is 39.8 Å². The SMILES string of the molecule is COc1ccc(C(O)C2c3ccccc3CCc3ccccc32)cc1OC. The van der Waals surface area contributed by atoms with Crippen molar-refractivity contribution in [2.45, 2.75) is 24.9 Å². The molecule has 3 heteroatoms. The van der Waals surface area contributed by atoms with Gasteiger partial charge in [-0.05, 0) is 52.8 Å². The number of fused-ring (bicyclic) bond motifs is 2. The Morgan fingerprint density at radius 2 is 1.33 bits per heavy atom. The van der Waals surface area contributed by atoms with Crippen LogP contribution in [0.3, 0.4) is 0 Å². The molecule has 3 nitrogen and oxygen atoms in total. The molecule has 1 N–H and O–H groups in total.